The predicted molar refractivity (Wildman–Crippen MR) is 81.3 cm³/mol. The lowest BCUT2D eigenvalue weighted by Gasteiger charge is -2.15. The lowest BCUT2D eigenvalue weighted by Crippen LogP contribution is -2.21. The van der Waals surface area contributed by atoms with Crippen LogP contribution in [0.2, 0.25) is 5.02 Å². The average molecular weight is 304 g/mol. The molecule has 0 aliphatic heterocycles. The van der Waals surface area contributed by atoms with Gasteiger partial charge >= 0.3 is 0 Å². The van der Waals surface area contributed by atoms with Crippen molar-refractivity contribution in [2.75, 3.05) is 18.1 Å². The van der Waals surface area contributed by atoms with Gasteiger partial charge in [-0.25, -0.2) is 8.42 Å². The summed E-state index contributed by atoms with van der Waals surface area (Å²) in [4.78, 5) is 0. The summed E-state index contributed by atoms with van der Waals surface area (Å²) in [5.74, 6) is 0.676. The second-order valence-electron chi connectivity index (χ2n) is 4.88. The Morgan fingerprint density at radius 1 is 1.32 bits per heavy atom. The number of hydrogen-bond donors (Lipinski definition) is 1. The first-order valence-corrected chi connectivity index (χ1v) is 8.81. The van der Waals surface area contributed by atoms with E-state index in [-0.39, 0.29) is 17.4 Å². The summed E-state index contributed by atoms with van der Waals surface area (Å²) < 4.78 is 23.4. The van der Waals surface area contributed by atoms with Crippen molar-refractivity contribution in [2.24, 2.45) is 11.7 Å². The standard InChI is InChI=1S/C14H22ClNO2S/c1-2-7-19(17,18)8-6-13(11-16)9-12-4-3-5-14(15)10-12/h3-5,10,13H,2,6-9,11,16H2,1H3. The van der Waals surface area contributed by atoms with Gasteiger partial charge in [0.2, 0.25) is 0 Å². The molecule has 108 valence electrons. The molecular formula is C14H22ClNO2S. The molecule has 5 heteroatoms. The molecule has 0 aromatic heterocycles. The van der Waals surface area contributed by atoms with Gasteiger partial charge in [-0.15, -0.1) is 0 Å². The van der Waals surface area contributed by atoms with Crippen LogP contribution in [0.1, 0.15) is 25.3 Å². The molecule has 0 bridgehead atoms. The first-order valence-electron chi connectivity index (χ1n) is 6.61. The molecule has 1 aromatic rings. The van der Waals surface area contributed by atoms with Crippen LogP contribution in [0.15, 0.2) is 24.3 Å². The fourth-order valence-electron chi connectivity index (χ4n) is 2.06. The van der Waals surface area contributed by atoms with Gasteiger partial charge in [0.05, 0.1) is 5.75 Å². The Kier molecular flexibility index (Phi) is 6.83. The molecule has 19 heavy (non-hydrogen) atoms. The molecule has 3 nitrogen and oxygen atoms in total. The molecular weight excluding hydrogens is 282 g/mol. The number of rotatable bonds is 8. The van der Waals surface area contributed by atoms with E-state index in [0.717, 1.165) is 12.0 Å². The molecule has 0 radical (unpaired) electrons. The Balaban J connectivity index is 2.55. The molecule has 1 atom stereocenters. The van der Waals surface area contributed by atoms with Crippen molar-refractivity contribution in [1.29, 1.82) is 0 Å². The van der Waals surface area contributed by atoms with Crippen LogP contribution >= 0.6 is 11.6 Å². The zero-order valence-corrected chi connectivity index (χ0v) is 12.9. The van der Waals surface area contributed by atoms with E-state index in [1.54, 1.807) is 0 Å². The molecule has 0 saturated carbocycles. The van der Waals surface area contributed by atoms with Crippen LogP contribution in [0.5, 0.6) is 0 Å². The normalized spacial score (nSPS) is 13.4. The maximum Gasteiger partial charge on any atom is 0.150 e. The van der Waals surface area contributed by atoms with E-state index in [4.69, 9.17) is 17.3 Å². The van der Waals surface area contributed by atoms with Crippen molar-refractivity contribution in [2.45, 2.75) is 26.2 Å². The summed E-state index contributed by atoms with van der Waals surface area (Å²) in [5, 5.41) is 0.701. The second kappa shape index (κ2) is 7.88. The van der Waals surface area contributed by atoms with Crippen LogP contribution in [0.25, 0.3) is 0 Å². The van der Waals surface area contributed by atoms with E-state index in [1.807, 2.05) is 31.2 Å². The molecule has 0 saturated heterocycles. The Morgan fingerprint density at radius 3 is 2.63 bits per heavy atom. The smallest absolute Gasteiger partial charge is 0.150 e. The summed E-state index contributed by atoms with van der Waals surface area (Å²) in [5.41, 5.74) is 6.84. The Morgan fingerprint density at radius 2 is 2.05 bits per heavy atom. The Bertz CT molecular complexity index is 488. The zero-order valence-electron chi connectivity index (χ0n) is 11.3. The maximum atomic E-state index is 11.7. The fourth-order valence-corrected chi connectivity index (χ4v) is 3.79. The lowest BCUT2D eigenvalue weighted by molar-refractivity contribution is 0.511. The van der Waals surface area contributed by atoms with Gasteiger partial charge in [-0.3, -0.25) is 0 Å². The first kappa shape index (κ1) is 16.5. The molecule has 1 aromatic carbocycles. The third-order valence-electron chi connectivity index (χ3n) is 3.10. The second-order valence-corrected chi connectivity index (χ2v) is 7.62. The topological polar surface area (TPSA) is 60.2 Å². The van der Waals surface area contributed by atoms with Gasteiger partial charge in [0.25, 0.3) is 0 Å². The van der Waals surface area contributed by atoms with Crippen LogP contribution in [0.4, 0.5) is 0 Å². The van der Waals surface area contributed by atoms with E-state index in [2.05, 4.69) is 0 Å². The summed E-state index contributed by atoms with van der Waals surface area (Å²) in [6, 6.07) is 7.63. The number of hydrogen-bond acceptors (Lipinski definition) is 3. The summed E-state index contributed by atoms with van der Waals surface area (Å²) in [7, 11) is -2.92. The van der Waals surface area contributed by atoms with Crippen molar-refractivity contribution in [1.82, 2.24) is 0 Å². The van der Waals surface area contributed by atoms with Crippen LogP contribution in [0.3, 0.4) is 0 Å². The third-order valence-corrected chi connectivity index (χ3v) is 5.22. The summed E-state index contributed by atoms with van der Waals surface area (Å²) in [6.45, 7) is 2.37. The quantitative estimate of drug-likeness (QED) is 0.803. The minimum absolute atomic E-state index is 0.185. The van der Waals surface area contributed by atoms with Crippen LogP contribution < -0.4 is 5.73 Å². The van der Waals surface area contributed by atoms with Crippen LogP contribution in [0, 0.1) is 5.92 Å². The Labute approximate surface area is 121 Å². The highest BCUT2D eigenvalue weighted by atomic mass is 35.5. The molecule has 1 unspecified atom stereocenters. The minimum Gasteiger partial charge on any atom is -0.330 e. The molecule has 0 spiro atoms. The molecule has 0 aliphatic carbocycles. The minimum atomic E-state index is -2.92. The van der Waals surface area contributed by atoms with E-state index in [9.17, 15) is 8.42 Å². The molecule has 0 fully saturated rings. The van der Waals surface area contributed by atoms with Gasteiger partial charge in [-0.2, -0.15) is 0 Å². The third kappa shape index (κ3) is 6.41. The Hall–Kier alpha value is -0.580. The van der Waals surface area contributed by atoms with Crippen molar-refractivity contribution < 1.29 is 8.42 Å². The van der Waals surface area contributed by atoms with Crippen LogP contribution in [-0.4, -0.2) is 26.5 Å². The van der Waals surface area contributed by atoms with Gasteiger partial charge in [0.1, 0.15) is 9.84 Å². The van der Waals surface area contributed by atoms with E-state index < -0.39 is 9.84 Å². The predicted octanol–water partition coefficient (Wildman–Crippen LogP) is 2.67. The number of nitrogens with two attached hydrogens (primary N) is 1. The molecule has 1 rings (SSSR count). The van der Waals surface area contributed by atoms with E-state index in [0.29, 0.717) is 24.4 Å². The van der Waals surface area contributed by atoms with Crippen molar-refractivity contribution >= 4 is 21.4 Å². The lowest BCUT2D eigenvalue weighted by atomic mass is 9.97. The molecule has 2 N–H and O–H groups in total. The van der Waals surface area contributed by atoms with Gasteiger partial charge in [0.15, 0.2) is 0 Å². The monoisotopic (exact) mass is 303 g/mol. The number of sulfone groups is 1. The summed E-state index contributed by atoms with van der Waals surface area (Å²) in [6.07, 6.45) is 2.06. The molecule has 0 aliphatic rings. The molecule has 0 amide bonds. The van der Waals surface area contributed by atoms with E-state index in [1.165, 1.54) is 0 Å². The van der Waals surface area contributed by atoms with Gasteiger partial charge in [0, 0.05) is 10.8 Å². The highest BCUT2D eigenvalue weighted by Crippen LogP contribution is 2.16. The van der Waals surface area contributed by atoms with Gasteiger partial charge < -0.3 is 5.73 Å². The van der Waals surface area contributed by atoms with Crippen molar-refractivity contribution in [3.05, 3.63) is 34.9 Å². The first-order chi connectivity index (χ1) is 8.96. The van der Waals surface area contributed by atoms with Gasteiger partial charge in [-0.05, 0) is 49.4 Å². The largest absolute Gasteiger partial charge is 0.330 e. The fraction of sp³-hybridized carbons (Fsp3) is 0.571. The highest BCUT2D eigenvalue weighted by Gasteiger charge is 2.14. The van der Waals surface area contributed by atoms with Gasteiger partial charge in [-0.1, -0.05) is 30.7 Å². The highest BCUT2D eigenvalue weighted by molar-refractivity contribution is 7.91. The van der Waals surface area contributed by atoms with Crippen LogP contribution in [-0.2, 0) is 16.3 Å². The van der Waals surface area contributed by atoms with Crippen molar-refractivity contribution in [3.8, 4) is 0 Å². The molecule has 0 heterocycles. The average Bonchev–Trinajstić information content (AvgIpc) is 2.34. The maximum absolute atomic E-state index is 11.7. The number of halogens is 1. The van der Waals surface area contributed by atoms with Crippen molar-refractivity contribution in [3.63, 3.8) is 0 Å². The SMILES string of the molecule is CCCS(=O)(=O)CCC(CN)Cc1cccc(Cl)c1. The summed E-state index contributed by atoms with van der Waals surface area (Å²) >= 11 is 5.94. The zero-order chi connectivity index (χ0) is 14.3. The van der Waals surface area contributed by atoms with E-state index >= 15 is 0 Å². The number of benzene rings is 1.